The molecule has 0 aliphatic rings. The van der Waals surface area contributed by atoms with E-state index in [0.29, 0.717) is 92.5 Å². The van der Waals surface area contributed by atoms with Gasteiger partial charge in [0.15, 0.2) is 0 Å². The maximum Gasteiger partial charge on any atom is 0.372 e. The van der Waals surface area contributed by atoms with Crippen LogP contribution in [-0.2, 0) is 58.7 Å². The standard InChI is InChI=1S/C35H58O13/c1-2-3-4-5-6-7-8-31-9-11-32(12-10-31)47-29-27-45-25-23-43-21-19-41-17-15-40-16-18-42-20-22-44-24-26-46-28-30-48-34(37)14-13-33(36)35(38)39/h9-12H,2-8,13-30H2,1H3,(H,38,39). The van der Waals surface area contributed by atoms with Crippen molar-refractivity contribution in [2.45, 2.75) is 64.7 Å². The lowest BCUT2D eigenvalue weighted by atomic mass is 10.0. The predicted molar refractivity (Wildman–Crippen MR) is 178 cm³/mol. The van der Waals surface area contributed by atoms with E-state index in [-0.39, 0.29) is 26.1 Å². The van der Waals surface area contributed by atoms with Gasteiger partial charge in [-0.25, -0.2) is 4.79 Å². The summed E-state index contributed by atoms with van der Waals surface area (Å²) in [5.74, 6) is -2.36. The molecule has 13 heteroatoms. The molecule has 1 rings (SSSR count). The number of carboxylic acid groups (broad SMARTS) is 1. The lowest BCUT2D eigenvalue weighted by Crippen LogP contribution is -2.17. The Labute approximate surface area is 285 Å². The van der Waals surface area contributed by atoms with Crippen LogP contribution in [0.15, 0.2) is 24.3 Å². The largest absolute Gasteiger partial charge is 0.491 e. The minimum absolute atomic E-state index is 0.0181. The molecule has 1 aromatic carbocycles. The van der Waals surface area contributed by atoms with E-state index in [1.165, 1.54) is 44.1 Å². The molecule has 0 spiro atoms. The Balaban J connectivity index is 1.73. The number of carbonyl (C=O) groups is 3. The molecule has 276 valence electrons. The van der Waals surface area contributed by atoms with Crippen molar-refractivity contribution in [2.24, 2.45) is 0 Å². The van der Waals surface area contributed by atoms with E-state index in [2.05, 4.69) is 19.1 Å². The van der Waals surface area contributed by atoms with Gasteiger partial charge in [0.2, 0.25) is 5.78 Å². The zero-order valence-corrected chi connectivity index (χ0v) is 28.8. The van der Waals surface area contributed by atoms with Crippen molar-refractivity contribution in [3.05, 3.63) is 29.8 Å². The first-order valence-electron chi connectivity index (χ1n) is 17.2. The normalized spacial score (nSPS) is 11.1. The van der Waals surface area contributed by atoms with E-state index in [9.17, 15) is 14.4 Å². The third-order valence-corrected chi connectivity index (χ3v) is 6.76. The summed E-state index contributed by atoms with van der Waals surface area (Å²) < 4.78 is 48.7. The highest BCUT2D eigenvalue weighted by molar-refractivity contribution is 6.32. The van der Waals surface area contributed by atoms with Gasteiger partial charge in [-0.1, -0.05) is 51.2 Å². The summed E-state index contributed by atoms with van der Waals surface area (Å²) in [6.45, 7) is 8.81. The van der Waals surface area contributed by atoms with Crippen LogP contribution >= 0.6 is 0 Å². The minimum atomic E-state index is -1.56. The average Bonchev–Trinajstić information content (AvgIpc) is 3.09. The van der Waals surface area contributed by atoms with Crippen LogP contribution in [0.5, 0.6) is 5.75 Å². The maximum absolute atomic E-state index is 11.4. The van der Waals surface area contributed by atoms with Crippen LogP contribution in [0.1, 0.15) is 63.9 Å². The fraction of sp³-hybridized carbons (Fsp3) is 0.743. The number of rotatable bonds is 36. The lowest BCUT2D eigenvalue weighted by Gasteiger charge is -2.09. The summed E-state index contributed by atoms with van der Waals surface area (Å²) in [7, 11) is 0. The third kappa shape index (κ3) is 28.4. The molecular formula is C35H58O13. The molecule has 48 heavy (non-hydrogen) atoms. The van der Waals surface area contributed by atoms with Crippen LogP contribution in [0.4, 0.5) is 0 Å². The van der Waals surface area contributed by atoms with Gasteiger partial charge in [-0.05, 0) is 30.5 Å². The second-order valence-electron chi connectivity index (χ2n) is 10.7. The molecule has 0 saturated carbocycles. The summed E-state index contributed by atoms with van der Waals surface area (Å²) >= 11 is 0. The summed E-state index contributed by atoms with van der Waals surface area (Å²) in [5, 5.41) is 8.45. The number of ether oxygens (including phenoxy) is 9. The molecule has 0 amide bonds. The fourth-order valence-corrected chi connectivity index (χ4v) is 4.11. The second kappa shape index (κ2) is 32.9. The van der Waals surface area contributed by atoms with E-state index in [0.717, 1.165) is 12.2 Å². The lowest BCUT2D eigenvalue weighted by molar-refractivity contribution is -0.151. The van der Waals surface area contributed by atoms with Gasteiger partial charge in [0.1, 0.15) is 19.0 Å². The van der Waals surface area contributed by atoms with Crippen LogP contribution in [0.2, 0.25) is 0 Å². The smallest absolute Gasteiger partial charge is 0.372 e. The Kier molecular flexibility index (Phi) is 29.7. The molecule has 0 fully saturated rings. The number of aryl methyl sites for hydroxylation is 1. The molecule has 0 radical (unpaired) electrons. The highest BCUT2D eigenvalue weighted by Crippen LogP contribution is 2.15. The number of ketones is 1. The number of Topliss-reactive ketones (excluding diaryl/α,β-unsaturated/α-hetero) is 1. The number of hydrogen-bond acceptors (Lipinski definition) is 12. The minimum Gasteiger partial charge on any atom is -0.491 e. The van der Waals surface area contributed by atoms with Crippen molar-refractivity contribution < 1.29 is 62.1 Å². The van der Waals surface area contributed by atoms with E-state index in [4.69, 9.17) is 47.7 Å². The van der Waals surface area contributed by atoms with Crippen LogP contribution in [0.25, 0.3) is 0 Å². The Morgan fingerprint density at radius 2 is 0.938 bits per heavy atom. The quantitative estimate of drug-likeness (QED) is 0.0614. The molecule has 0 bridgehead atoms. The first-order chi connectivity index (χ1) is 23.5. The summed E-state index contributed by atoms with van der Waals surface area (Å²) in [6, 6.07) is 8.38. The first-order valence-corrected chi connectivity index (χ1v) is 17.2. The fourth-order valence-electron chi connectivity index (χ4n) is 4.11. The van der Waals surface area contributed by atoms with Gasteiger partial charge in [-0.3, -0.25) is 9.59 Å². The first kappa shape index (κ1) is 43.4. The van der Waals surface area contributed by atoms with Crippen molar-refractivity contribution in [3.63, 3.8) is 0 Å². The molecule has 0 aromatic heterocycles. The molecule has 1 N–H and O–H groups in total. The number of carbonyl (C=O) groups excluding carboxylic acids is 2. The Hall–Kier alpha value is -2.65. The zero-order chi connectivity index (χ0) is 34.8. The number of benzene rings is 1. The molecule has 0 aliphatic heterocycles. The van der Waals surface area contributed by atoms with Gasteiger partial charge in [0, 0.05) is 6.42 Å². The molecule has 13 nitrogen and oxygen atoms in total. The SMILES string of the molecule is CCCCCCCCc1ccc(OCCOCCOCCOCCOCCOCCOCCOCCOC(=O)CCC(=O)C(=O)O)cc1. The van der Waals surface area contributed by atoms with E-state index < -0.39 is 17.7 Å². The number of hydrogen-bond donors (Lipinski definition) is 1. The van der Waals surface area contributed by atoms with E-state index >= 15 is 0 Å². The van der Waals surface area contributed by atoms with Gasteiger partial charge in [0.25, 0.3) is 0 Å². The Morgan fingerprint density at radius 1 is 0.521 bits per heavy atom. The zero-order valence-electron chi connectivity index (χ0n) is 28.8. The second-order valence-corrected chi connectivity index (χ2v) is 10.7. The van der Waals surface area contributed by atoms with Crippen molar-refractivity contribution in [1.82, 2.24) is 0 Å². The maximum atomic E-state index is 11.4. The van der Waals surface area contributed by atoms with Crippen LogP contribution in [-0.4, -0.2) is 129 Å². The molecule has 0 unspecified atom stereocenters. The monoisotopic (exact) mass is 686 g/mol. The highest BCUT2D eigenvalue weighted by atomic mass is 16.6. The van der Waals surface area contributed by atoms with Gasteiger partial charge in [0.05, 0.1) is 98.9 Å². The third-order valence-electron chi connectivity index (χ3n) is 6.76. The summed E-state index contributed by atoms with van der Waals surface area (Å²) in [4.78, 5) is 32.7. The predicted octanol–water partition coefficient (Wildman–Crippen LogP) is 4.06. The average molecular weight is 687 g/mol. The highest BCUT2D eigenvalue weighted by Gasteiger charge is 2.14. The Bertz CT molecular complexity index is 910. The number of unbranched alkanes of at least 4 members (excludes halogenated alkanes) is 5. The van der Waals surface area contributed by atoms with Gasteiger partial charge in [-0.15, -0.1) is 0 Å². The molecule has 0 heterocycles. The van der Waals surface area contributed by atoms with Gasteiger partial charge < -0.3 is 47.7 Å². The summed E-state index contributed by atoms with van der Waals surface area (Å²) in [5.41, 5.74) is 1.36. The molecule has 1 aromatic rings. The molecule has 0 atom stereocenters. The van der Waals surface area contributed by atoms with Crippen molar-refractivity contribution in [2.75, 3.05) is 106 Å². The summed E-state index contributed by atoms with van der Waals surface area (Å²) in [6.07, 6.45) is 8.36. The molecular weight excluding hydrogens is 628 g/mol. The van der Waals surface area contributed by atoms with E-state index in [1.807, 2.05) is 12.1 Å². The molecule has 0 saturated heterocycles. The van der Waals surface area contributed by atoms with E-state index in [1.54, 1.807) is 0 Å². The van der Waals surface area contributed by atoms with Crippen LogP contribution in [0, 0.1) is 0 Å². The Morgan fingerprint density at radius 3 is 1.40 bits per heavy atom. The number of esters is 1. The van der Waals surface area contributed by atoms with Gasteiger partial charge in [-0.2, -0.15) is 0 Å². The molecule has 0 aliphatic carbocycles. The van der Waals surface area contributed by atoms with Gasteiger partial charge >= 0.3 is 11.9 Å². The van der Waals surface area contributed by atoms with Crippen LogP contribution < -0.4 is 4.74 Å². The van der Waals surface area contributed by atoms with Crippen molar-refractivity contribution in [3.8, 4) is 5.75 Å². The van der Waals surface area contributed by atoms with Crippen molar-refractivity contribution in [1.29, 1.82) is 0 Å². The number of aliphatic carboxylic acids is 1. The van der Waals surface area contributed by atoms with Crippen molar-refractivity contribution >= 4 is 17.7 Å². The topological polar surface area (TPSA) is 155 Å². The van der Waals surface area contributed by atoms with Crippen LogP contribution in [0.3, 0.4) is 0 Å². The number of carboxylic acids is 1.